The van der Waals surface area contributed by atoms with Gasteiger partial charge in [0.25, 0.3) is 5.91 Å². The number of nitrogens with zero attached hydrogens (tertiary/aromatic N) is 2. The molecule has 27 heavy (non-hydrogen) atoms. The van der Waals surface area contributed by atoms with Crippen LogP contribution in [0.1, 0.15) is 54.6 Å². The van der Waals surface area contributed by atoms with Crippen molar-refractivity contribution < 1.29 is 4.79 Å². The summed E-state index contributed by atoms with van der Waals surface area (Å²) in [7, 11) is 0. The van der Waals surface area contributed by atoms with Crippen molar-refractivity contribution in [3.05, 3.63) is 41.4 Å². The van der Waals surface area contributed by atoms with Gasteiger partial charge in [-0.3, -0.25) is 4.79 Å². The van der Waals surface area contributed by atoms with Crippen molar-refractivity contribution in [3.63, 3.8) is 0 Å². The van der Waals surface area contributed by atoms with Gasteiger partial charge in [-0.15, -0.1) is 11.3 Å². The fourth-order valence-corrected chi connectivity index (χ4v) is 5.17. The first-order chi connectivity index (χ1) is 13.3. The predicted octanol–water partition coefficient (Wildman–Crippen LogP) is 4.58. The summed E-state index contributed by atoms with van der Waals surface area (Å²) in [6.07, 6.45) is 10.9. The zero-order chi connectivity index (χ0) is 18.5. The third-order valence-electron chi connectivity index (χ3n) is 5.91. The molecule has 0 unspecified atom stereocenters. The van der Waals surface area contributed by atoms with Crippen LogP contribution in [-0.2, 0) is 0 Å². The van der Waals surface area contributed by atoms with E-state index in [0.717, 1.165) is 42.4 Å². The Morgan fingerprint density at radius 2 is 1.81 bits per heavy atom. The Morgan fingerprint density at radius 1 is 1.07 bits per heavy atom. The summed E-state index contributed by atoms with van der Waals surface area (Å²) in [5, 5.41) is 4.13. The molecule has 1 N–H and O–H groups in total. The number of hydrogen-bond donors (Lipinski definition) is 1. The smallest absolute Gasteiger partial charge is 0.263 e. The van der Waals surface area contributed by atoms with Crippen molar-refractivity contribution in [1.82, 2.24) is 15.2 Å². The quantitative estimate of drug-likeness (QED) is 0.822. The summed E-state index contributed by atoms with van der Waals surface area (Å²) in [4.78, 5) is 20.3. The van der Waals surface area contributed by atoms with E-state index in [-0.39, 0.29) is 5.91 Å². The summed E-state index contributed by atoms with van der Waals surface area (Å²) < 4.78 is 0. The summed E-state index contributed by atoms with van der Waals surface area (Å²) in [5.41, 5.74) is 1.07. The standard InChI is InChI=1S/C22H29N3OS/c26-21(20-15-23-22(27-20)18-9-5-2-6-10-18)24-19-11-13-25(14-12-19)16-17-7-3-1-4-8-17/h2,5-6,9-10,15,17,19H,1,3-4,7-8,11-14,16H2,(H,24,26). The fourth-order valence-electron chi connectivity index (χ4n) is 4.34. The van der Waals surface area contributed by atoms with E-state index in [0.29, 0.717) is 10.9 Å². The first kappa shape index (κ1) is 18.6. The highest BCUT2D eigenvalue weighted by Crippen LogP contribution is 2.26. The first-order valence-corrected chi connectivity index (χ1v) is 11.1. The molecule has 4 nitrogen and oxygen atoms in total. The minimum absolute atomic E-state index is 0.0282. The lowest BCUT2D eigenvalue weighted by Crippen LogP contribution is -2.45. The van der Waals surface area contributed by atoms with E-state index in [1.807, 2.05) is 30.3 Å². The Labute approximate surface area is 166 Å². The predicted molar refractivity (Wildman–Crippen MR) is 111 cm³/mol. The van der Waals surface area contributed by atoms with Crippen molar-refractivity contribution in [1.29, 1.82) is 0 Å². The van der Waals surface area contributed by atoms with Crippen LogP contribution in [0.4, 0.5) is 0 Å². The monoisotopic (exact) mass is 383 g/mol. The van der Waals surface area contributed by atoms with Crippen LogP contribution >= 0.6 is 11.3 Å². The third kappa shape index (κ3) is 4.96. The second kappa shape index (κ2) is 8.98. The van der Waals surface area contributed by atoms with Crippen molar-refractivity contribution in [3.8, 4) is 10.6 Å². The van der Waals surface area contributed by atoms with Crippen molar-refractivity contribution in [2.45, 2.75) is 51.0 Å². The maximum absolute atomic E-state index is 12.6. The van der Waals surface area contributed by atoms with Gasteiger partial charge in [0, 0.05) is 31.2 Å². The summed E-state index contributed by atoms with van der Waals surface area (Å²) in [6.45, 7) is 3.48. The van der Waals surface area contributed by atoms with Crippen molar-refractivity contribution >= 4 is 17.2 Å². The number of aromatic nitrogens is 1. The lowest BCUT2D eigenvalue weighted by molar-refractivity contribution is 0.0905. The van der Waals surface area contributed by atoms with Gasteiger partial charge in [-0.2, -0.15) is 0 Å². The SMILES string of the molecule is O=C(NC1CCN(CC2CCCCC2)CC1)c1cnc(-c2ccccc2)s1. The number of carbonyl (C=O) groups is 1. The van der Waals surface area contributed by atoms with E-state index in [2.05, 4.69) is 15.2 Å². The van der Waals surface area contributed by atoms with Gasteiger partial charge in [0.2, 0.25) is 0 Å². The number of amides is 1. The number of likely N-dealkylation sites (tertiary alicyclic amines) is 1. The van der Waals surface area contributed by atoms with Crippen LogP contribution in [0.15, 0.2) is 36.5 Å². The highest BCUT2D eigenvalue weighted by atomic mass is 32.1. The minimum atomic E-state index is 0.0282. The number of nitrogens with one attached hydrogen (secondary N) is 1. The fraction of sp³-hybridized carbons (Fsp3) is 0.545. The molecule has 4 rings (SSSR count). The van der Waals surface area contributed by atoms with Crippen LogP contribution in [-0.4, -0.2) is 41.5 Å². The highest BCUT2D eigenvalue weighted by molar-refractivity contribution is 7.16. The number of benzene rings is 1. The molecular weight excluding hydrogens is 354 g/mol. The second-order valence-corrected chi connectivity index (χ2v) is 8.98. The van der Waals surface area contributed by atoms with Gasteiger partial charge in [-0.1, -0.05) is 49.6 Å². The molecule has 1 aliphatic carbocycles. The summed E-state index contributed by atoms with van der Waals surface area (Å²) in [5.74, 6) is 0.930. The number of piperidine rings is 1. The number of carbonyl (C=O) groups excluding carboxylic acids is 1. The van der Waals surface area contributed by atoms with E-state index in [9.17, 15) is 4.79 Å². The lowest BCUT2D eigenvalue weighted by Gasteiger charge is -2.35. The molecule has 144 valence electrons. The molecular formula is C22H29N3OS. The highest BCUT2D eigenvalue weighted by Gasteiger charge is 2.24. The molecule has 5 heteroatoms. The van der Waals surface area contributed by atoms with E-state index in [1.54, 1.807) is 6.20 Å². The summed E-state index contributed by atoms with van der Waals surface area (Å²) >= 11 is 1.47. The van der Waals surface area contributed by atoms with Gasteiger partial charge in [0.1, 0.15) is 9.88 Å². The van der Waals surface area contributed by atoms with Crippen LogP contribution < -0.4 is 5.32 Å². The normalized spacial score (nSPS) is 19.9. The van der Waals surface area contributed by atoms with Crippen molar-refractivity contribution in [2.24, 2.45) is 5.92 Å². The number of rotatable bonds is 5. The molecule has 0 atom stereocenters. The van der Waals surface area contributed by atoms with Crippen LogP contribution in [0.5, 0.6) is 0 Å². The molecule has 2 fully saturated rings. The van der Waals surface area contributed by atoms with E-state index >= 15 is 0 Å². The van der Waals surface area contributed by atoms with Crippen LogP contribution in [0.25, 0.3) is 10.6 Å². The molecule has 0 radical (unpaired) electrons. The van der Waals surface area contributed by atoms with Crippen LogP contribution in [0.3, 0.4) is 0 Å². The zero-order valence-electron chi connectivity index (χ0n) is 15.9. The van der Waals surface area contributed by atoms with Gasteiger partial charge in [0.15, 0.2) is 0 Å². The van der Waals surface area contributed by atoms with Gasteiger partial charge in [-0.25, -0.2) is 4.98 Å². The van der Waals surface area contributed by atoms with Gasteiger partial charge in [0.05, 0.1) is 6.20 Å². The van der Waals surface area contributed by atoms with Crippen LogP contribution in [0.2, 0.25) is 0 Å². The molecule has 1 amide bonds. The van der Waals surface area contributed by atoms with Gasteiger partial charge >= 0.3 is 0 Å². The Bertz CT molecular complexity index is 731. The third-order valence-corrected chi connectivity index (χ3v) is 6.96. The minimum Gasteiger partial charge on any atom is -0.348 e. The molecule has 1 saturated heterocycles. The Morgan fingerprint density at radius 3 is 2.56 bits per heavy atom. The molecule has 1 aromatic heterocycles. The first-order valence-electron chi connectivity index (χ1n) is 10.3. The topological polar surface area (TPSA) is 45.2 Å². The average molecular weight is 384 g/mol. The van der Waals surface area contributed by atoms with E-state index < -0.39 is 0 Å². The molecule has 2 aliphatic rings. The Hall–Kier alpha value is -1.72. The Kier molecular flexibility index (Phi) is 6.20. The molecule has 2 heterocycles. The van der Waals surface area contributed by atoms with Gasteiger partial charge in [-0.05, 0) is 31.6 Å². The maximum Gasteiger partial charge on any atom is 0.263 e. The van der Waals surface area contributed by atoms with E-state index in [1.165, 1.54) is 50.0 Å². The number of hydrogen-bond acceptors (Lipinski definition) is 4. The average Bonchev–Trinajstić information content (AvgIpc) is 3.21. The number of thiazole rings is 1. The second-order valence-electron chi connectivity index (χ2n) is 7.95. The molecule has 0 spiro atoms. The molecule has 1 saturated carbocycles. The molecule has 2 aromatic rings. The molecule has 1 aromatic carbocycles. The lowest BCUT2D eigenvalue weighted by atomic mass is 9.88. The Balaban J connectivity index is 1.25. The molecule has 0 bridgehead atoms. The zero-order valence-corrected chi connectivity index (χ0v) is 16.7. The molecule has 1 aliphatic heterocycles. The van der Waals surface area contributed by atoms with Crippen molar-refractivity contribution in [2.75, 3.05) is 19.6 Å². The van der Waals surface area contributed by atoms with Crippen LogP contribution in [0, 0.1) is 5.92 Å². The largest absolute Gasteiger partial charge is 0.348 e. The van der Waals surface area contributed by atoms with Gasteiger partial charge < -0.3 is 10.2 Å². The van der Waals surface area contributed by atoms with E-state index in [4.69, 9.17) is 0 Å². The summed E-state index contributed by atoms with van der Waals surface area (Å²) in [6, 6.07) is 10.3. The maximum atomic E-state index is 12.6.